The highest BCUT2D eigenvalue weighted by Gasteiger charge is 2.53. The number of aryl methyl sites for hydroxylation is 1. The summed E-state index contributed by atoms with van der Waals surface area (Å²) in [5.74, 6) is -2.72. The first-order valence-electron chi connectivity index (χ1n) is 28.6. The molecule has 0 radical (unpaired) electrons. The van der Waals surface area contributed by atoms with Crippen molar-refractivity contribution in [3.8, 4) is 0 Å². The van der Waals surface area contributed by atoms with Crippen LogP contribution in [0.25, 0.3) is 0 Å². The van der Waals surface area contributed by atoms with Crippen molar-refractivity contribution >= 4 is 52.7 Å². The summed E-state index contributed by atoms with van der Waals surface area (Å²) in [4.78, 5) is 120. The summed E-state index contributed by atoms with van der Waals surface area (Å²) in [6.07, 6.45) is 13.1. The second kappa shape index (κ2) is 26.3. The summed E-state index contributed by atoms with van der Waals surface area (Å²) < 4.78 is 11.6. The number of fused-ring (bicyclic) bond motifs is 2. The fourth-order valence-corrected chi connectivity index (χ4v) is 12.5. The SMILES string of the molecule is CCC[C@H](NC(=O)[C@@H]1[C@H]2CCC[C@H]2CN1C(=O)[C@@H](CC(=O)[C@@H](NC(=O)c1cnc(NCCOCCOCCCc2cccc3c2CN(C2CCC(=O)CC2=O)C3=O)cn1)C1CCCCC1)C(C)(C)C)C(O)C(=O)NC1CC1. The number of carbonyl (C=O) groups is 8. The highest BCUT2D eigenvalue weighted by atomic mass is 16.5. The minimum absolute atomic E-state index is 0.0526. The van der Waals surface area contributed by atoms with Gasteiger partial charge in [-0.05, 0) is 105 Å². The third-order valence-electron chi connectivity index (χ3n) is 16.9. The van der Waals surface area contributed by atoms with Crippen LogP contribution in [0.5, 0.6) is 0 Å². The molecule has 1 saturated heterocycles. The number of aliphatic hydroxyl groups is 1. The van der Waals surface area contributed by atoms with Crippen LogP contribution < -0.4 is 21.3 Å². The van der Waals surface area contributed by atoms with Crippen LogP contribution in [0.2, 0.25) is 0 Å². The number of ketones is 3. The van der Waals surface area contributed by atoms with E-state index in [9.17, 15) is 43.5 Å². The van der Waals surface area contributed by atoms with Gasteiger partial charge in [-0.25, -0.2) is 9.97 Å². The fraction of sp³-hybridized carbons (Fsp3) is 0.690. The van der Waals surface area contributed by atoms with Crippen LogP contribution in [0.4, 0.5) is 5.82 Å². The van der Waals surface area contributed by atoms with Crippen molar-refractivity contribution < 1.29 is 52.9 Å². The van der Waals surface area contributed by atoms with Gasteiger partial charge in [-0.2, -0.15) is 0 Å². The molecule has 4 saturated carbocycles. The number of hydrogen-bond acceptors (Lipinski definition) is 14. The Morgan fingerprint density at radius 2 is 1.64 bits per heavy atom. The van der Waals surface area contributed by atoms with Gasteiger partial charge >= 0.3 is 0 Å². The van der Waals surface area contributed by atoms with Crippen molar-refractivity contribution in [3.05, 3.63) is 53.0 Å². The maximum atomic E-state index is 15.0. The fourth-order valence-electron chi connectivity index (χ4n) is 12.5. The average Bonchev–Trinajstić information content (AvgIpc) is 3.95. The Balaban J connectivity index is 0.792. The van der Waals surface area contributed by atoms with Crippen molar-refractivity contribution in [1.82, 2.24) is 35.7 Å². The number of nitrogens with zero attached hydrogens (tertiary/aromatic N) is 4. The lowest BCUT2D eigenvalue weighted by Crippen LogP contribution is -2.57. The lowest BCUT2D eigenvalue weighted by atomic mass is 9.74. The molecule has 6 aliphatic rings. The first-order valence-corrected chi connectivity index (χ1v) is 28.6. The molecule has 2 aliphatic heterocycles. The van der Waals surface area contributed by atoms with Gasteiger partial charge in [0.2, 0.25) is 11.8 Å². The molecule has 19 heteroatoms. The normalized spacial score (nSPS) is 23.2. The van der Waals surface area contributed by atoms with Crippen LogP contribution in [-0.4, -0.2) is 148 Å². The topological polar surface area (TPSA) is 256 Å². The van der Waals surface area contributed by atoms with Crippen molar-refractivity contribution in [2.75, 3.05) is 44.8 Å². The number of anilines is 1. The van der Waals surface area contributed by atoms with Gasteiger partial charge in [-0.3, -0.25) is 38.4 Å². The summed E-state index contributed by atoms with van der Waals surface area (Å²) in [5, 5.41) is 23.1. The van der Waals surface area contributed by atoms with Crippen LogP contribution >= 0.6 is 0 Å². The monoisotopic (exact) mass is 1070 g/mol. The Bertz CT molecular complexity index is 2450. The Hall–Kier alpha value is -5.66. The molecule has 8 rings (SSSR count). The Morgan fingerprint density at radius 3 is 2.34 bits per heavy atom. The molecule has 0 bridgehead atoms. The Kier molecular flexibility index (Phi) is 19.7. The minimum Gasteiger partial charge on any atom is -0.381 e. The van der Waals surface area contributed by atoms with Gasteiger partial charge in [-0.15, -0.1) is 0 Å². The third kappa shape index (κ3) is 14.5. The lowest BCUT2D eigenvalue weighted by Gasteiger charge is -2.37. The van der Waals surface area contributed by atoms with E-state index >= 15 is 0 Å². The number of rotatable bonds is 26. The van der Waals surface area contributed by atoms with Gasteiger partial charge in [0.15, 0.2) is 17.7 Å². The molecule has 2 aromatic rings. The molecule has 0 spiro atoms. The number of benzene rings is 1. The van der Waals surface area contributed by atoms with Crippen LogP contribution in [0.15, 0.2) is 30.6 Å². The molecular weight excluding hydrogens is 985 g/mol. The number of Topliss-reactive ketones (excluding diaryl/α,β-unsaturated/α-hetero) is 3. The van der Waals surface area contributed by atoms with Gasteiger partial charge in [0.05, 0.1) is 56.8 Å². The second-order valence-corrected chi connectivity index (χ2v) is 23.5. The molecule has 5 N–H and O–H groups in total. The summed E-state index contributed by atoms with van der Waals surface area (Å²) in [6.45, 7) is 10.6. The molecule has 1 aromatic heterocycles. The number of likely N-dealkylation sites (tertiary alicyclic amines) is 1. The van der Waals surface area contributed by atoms with Crippen LogP contribution in [0.3, 0.4) is 0 Å². The molecule has 5 amide bonds. The highest BCUT2D eigenvalue weighted by molar-refractivity contribution is 6.07. The predicted octanol–water partition coefficient (Wildman–Crippen LogP) is 5.05. The first kappa shape index (κ1) is 57.5. The zero-order chi connectivity index (χ0) is 54.8. The van der Waals surface area contributed by atoms with E-state index in [1.807, 2.05) is 39.8 Å². The van der Waals surface area contributed by atoms with Crippen molar-refractivity contribution in [1.29, 1.82) is 0 Å². The van der Waals surface area contributed by atoms with E-state index in [1.54, 1.807) is 15.9 Å². The smallest absolute Gasteiger partial charge is 0.272 e. The standard InChI is InChI=1S/C58H82N8O11/c1-5-12-44(52(70)55(73)62-38-20-21-38)63-54(72)51-40-18-10-16-37(40)33-66(51)57(75)43(58(2,3)4)30-48(69)50(36-13-7-6-8-14-36)64-53(71)45-31-61-49(32-60-45)59-24-26-77-28-27-76-25-11-17-35-15-9-19-41-42(35)34-65(56(41)74)46-23-22-39(67)29-47(46)68/h9,15,19,31-32,36-38,40,43-44,46,50-52,70H,5-8,10-14,16-18,20-30,33-34H2,1-4H3,(H,59,61)(H,62,73)(H,63,72)(H,64,71)/t37-,40-,43+,44-,46?,50-,51-,52?/m0/s1. The maximum absolute atomic E-state index is 15.0. The van der Waals surface area contributed by atoms with Crippen molar-refractivity contribution in [2.45, 2.75) is 186 Å². The average molecular weight is 1070 g/mol. The molecule has 2 unspecified atom stereocenters. The number of aliphatic hydroxyl groups excluding tert-OH is 1. The summed E-state index contributed by atoms with van der Waals surface area (Å²) in [6, 6.07) is 2.74. The van der Waals surface area contributed by atoms with Crippen molar-refractivity contribution in [3.63, 3.8) is 0 Å². The van der Waals surface area contributed by atoms with E-state index in [4.69, 9.17) is 9.47 Å². The molecule has 19 nitrogen and oxygen atoms in total. The summed E-state index contributed by atoms with van der Waals surface area (Å²) in [5.41, 5.74) is 2.01. The van der Waals surface area contributed by atoms with Crippen LogP contribution in [0.1, 0.15) is 169 Å². The molecule has 8 atom stereocenters. The molecule has 4 aliphatic carbocycles. The van der Waals surface area contributed by atoms with E-state index in [0.717, 1.165) is 88.2 Å². The molecule has 1 aromatic carbocycles. The number of ether oxygens (including phenoxy) is 2. The maximum Gasteiger partial charge on any atom is 0.272 e. The molecular formula is C58H82N8O11. The van der Waals surface area contributed by atoms with E-state index in [1.165, 1.54) is 12.4 Å². The van der Waals surface area contributed by atoms with E-state index in [-0.39, 0.29) is 77.4 Å². The Morgan fingerprint density at radius 1 is 0.870 bits per heavy atom. The van der Waals surface area contributed by atoms with Crippen LogP contribution in [-0.2, 0) is 51.2 Å². The number of aromatic nitrogens is 2. The number of carbonyl (C=O) groups excluding carboxylic acids is 8. The van der Waals surface area contributed by atoms with Gasteiger partial charge < -0.3 is 45.6 Å². The Labute approximate surface area is 452 Å². The van der Waals surface area contributed by atoms with E-state index in [2.05, 4.69) is 31.2 Å². The second-order valence-electron chi connectivity index (χ2n) is 23.5. The number of hydrogen-bond donors (Lipinski definition) is 5. The molecule has 77 heavy (non-hydrogen) atoms. The zero-order valence-electron chi connectivity index (χ0n) is 45.7. The first-order chi connectivity index (χ1) is 37.0. The molecule has 3 heterocycles. The predicted molar refractivity (Wildman–Crippen MR) is 285 cm³/mol. The van der Waals surface area contributed by atoms with E-state index in [0.29, 0.717) is 83.1 Å². The van der Waals surface area contributed by atoms with Crippen LogP contribution in [0, 0.1) is 29.1 Å². The minimum atomic E-state index is -1.42. The quantitative estimate of drug-likeness (QED) is 0.0611. The third-order valence-corrected chi connectivity index (χ3v) is 16.9. The number of amides is 5. The molecule has 420 valence electrons. The van der Waals surface area contributed by atoms with E-state index < -0.39 is 53.4 Å². The highest BCUT2D eigenvalue weighted by Crippen LogP contribution is 2.45. The summed E-state index contributed by atoms with van der Waals surface area (Å²) in [7, 11) is 0. The zero-order valence-corrected chi connectivity index (χ0v) is 45.7. The number of nitrogens with one attached hydrogen (secondary N) is 4. The summed E-state index contributed by atoms with van der Waals surface area (Å²) >= 11 is 0. The van der Waals surface area contributed by atoms with Gasteiger partial charge in [0, 0.05) is 56.6 Å². The molecule has 5 fully saturated rings. The largest absolute Gasteiger partial charge is 0.381 e. The van der Waals surface area contributed by atoms with Gasteiger partial charge in [-0.1, -0.05) is 71.9 Å². The van der Waals surface area contributed by atoms with Gasteiger partial charge in [0.1, 0.15) is 23.3 Å². The lowest BCUT2D eigenvalue weighted by molar-refractivity contribution is -0.148. The van der Waals surface area contributed by atoms with Crippen molar-refractivity contribution in [2.24, 2.45) is 29.1 Å². The van der Waals surface area contributed by atoms with Gasteiger partial charge in [0.25, 0.3) is 17.7 Å².